The quantitative estimate of drug-likeness (QED) is 0.613. The van der Waals surface area contributed by atoms with Gasteiger partial charge in [0.1, 0.15) is 11.9 Å². The Balaban J connectivity index is 2.67. The number of primary amides is 1. The molecule has 5 N–H and O–H groups in total. The summed E-state index contributed by atoms with van der Waals surface area (Å²) in [6.07, 6.45) is -1.45. The lowest BCUT2D eigenvalue weighted by Crippen LogP contribution is -2.39. The van der Waals surface area contributed by atoms with Crippen molar-refractivity contribution >= 4 is 27.7 Å². The van der Waals surface area contributed by atoms with Crippen LogP contribution in [0.25, 0.3) is 0 Å². The van der Waals surface area contributed by atoms with E-state index in [1.165, 1.54) is 12.1 Å². The smallest absolute Gasteiger partial charge is 0.255 e. The summed E-state index contributed by atoms with van der Waals surface area (Å²) in [6, 6.07) is 4.35. The first kappa shape index (κ1) is 13.5. The number of phenols is 1. The Hall–Kier alpha value is -1.60. The van der Waals surface area contributed by atoms with Crippen molar-refractivity contribution in [3.05, 3.63) is 28.2 Å². The fourth-order valence-electron chi connectivity index (χ4n) is 1.08. The van der Waals surface area contributed by atoms with Gasteiger partial charge in [0.05, 0.1) is 12.1 Å². The summed E-state index contributed by atoms with van der Waals surface area (Å²) in [5.41, 5.74) is 4.86. The van der Waals surface area contributed by atoms with E-state index in [9.17, 15) is 14.7 Å². The van der Waals surface area contributed by atoms with Crippen LogP contribution in [0.15, 0.2) is 22.7 Å². The van der Waals surface area contributed by atoms with Crippen LogP contribution in [0.3, 0.4) is 0 Å². The highest BCUT2D eigenvalue weighted by molar-refractivity contribution is 9.10. The van der Waals surface area contributed by atoms with Crippen LogP contribution in [0.4, 0.5) is 0 Å². The Kier molecular flexibility index (Phi) is 4.47. The molecule has 0 saturated heterocycles. The third kappa shape index (κ3) is 3.72. The Morgan fingerprint density at radius 2 is 2.12 bits per heavy atom. The zero-order valence-electron chi connectivity index (χ0n) is 8.68. The normalized spacial score (nSPS) is 11.9. The van der Waals surface area contributed by atoms with Crippen LogP contribution < -0.4 is 11.1 Å². The second-order valence-electron chi connectivity index (χ2n) is 3.29. The van der Waals surface area contributed by atoms with Gasteiger partial charge in [-0.1, -0.05) is 15.9 Å². The molecular weight excluding hydrogens is 292 g/mol. The molecule has 17 heavy (non-hydrogen) atoms. The largest absolute Gasteiger partial charge is 0.507 e. The van der Waals surface area contributed by atoms with Gasteiger partial charge in [0.25, 0.3) is 5.91 Å². The number of aliphatic hydroxyl groups is 1. The molecule has 1 atom stereocenters. The monoisotopic (exact) mass is 302 g/mol. The van der Waals surface area contributed by atoms with E-state index in [1.54, 1.807) is 6.07 Å². The second kappa shape index (κ2) is 5.65. The number of carbonyl (C=O) groups excluding carboxylic acids is 2. The standard InChI is InChI=1S/C10H11BrN2O4/c11-5-1-2-6(7(14)3-5)10(17)13-4-8(15)9(12)16/h1-3,8,14-15H,4H2,(H2,12,16)(H,13,17). The van der Waals surface area contributed by atoms with Crippen LogP contribution >= 0.6 is 15.9 Å². The van der Waals surface area contributed by atoms with Crippen molar-refractivity contribution in [1.29, 1.82) is 0 Å². The van der Waals surface area contributed by atoms with Crippen LogP contribution in [0, 0.1) is 0 Å². The van der Waals surface area contributed by atoms with Crippen LogP contribution in [-0.4, -0.2) is 34.7 Å². The molecule has 0 radical (unpaired) electrons. The predicted octanol–water partition coefficient (Wildman–Crippen LogP) is -0.269. The Bertz CT molecular complexity index is 450. The number of aliphatic hydroxyl groups excluding tert-OH is 1. The van der Waals surface area contributed by atoms with E-state index in [1.807, 2.05) is 0 Å². The summed E-state index contributed by atoms with van der Waals surface area (Å²) in [4.78, 5) is 22.1. The SMILES string of the molecule is NC(=O)C(O)CNC(=O)c1ccc(Br)cc1O. The van der Waals surface area contributed by atoms with Gasteiger partial charge in [-0.05, 0) is 18.2 Å². The fraction of sp³-hybridized carbons (Fsp3) is 0.200. The topological polar surface area (TPSA) is 113 Å². The molecule has 0 fully saturated rings. The summed E-state index contributed by atoms with van der Waals surface area (Å²) in [7, 11) is 0. The number of benzene rings is 1. The number of halogens is 1. The molecule has 0 heterocycles. The molecule has 0 saturated carbocycles. The molecule has 0 bridgehead atoms. The molecule has 0 aromatic heterocycles. The van der Waals surface area contributed by atoms with Crippen molar-refractivity contribution in [1.82, 2.24) is 5.32 Å². The first-order chi connectivity index (χ1) is 7.91. The lowest BCUT2D eigenvalue weighted by Gasteiger charge is -2.09. The Labute approximate surface area is 106 Å². The highest BCUT2D eigenvalue weighted by atomic mass is 79.9. The molecule has 1 aromatic rings. The number of phenolic OH excluding ortho intramolecular Hbond substituents is 1. The maximum Gasteiger partial charge on any atom is 0.255 e. The molecule has 1 rings (SSSR count). The zero-order chi connectivity index (χ0) is 13.0. The predicted molar refractivity (Wildman–Crippen MR) is 63.3 cm³/mol. The van der Waals surface area contributed by atoms with Crippen molar-refractivity contribution < 1.29 is 19.8 Å². The third-order valence-corrected chi connectivity index (χ3v) is 2.48. The fourth-order valence-corrected chi connectivity index (χ4v) is 1.43. The molecule has 92 valence electrons. The second-order valence-corrected chi connectivity index (χ2v) is 4.21. The van der Waals surface area contributed by atoms with Gasteiger partial charge in [-0.25, -0.2) is 0 Å². The molecule has 1 unspecified atom stereocenters. The average Bonchev–Trinajstić information content (AvgIpc) is 2.25. The zero-order valence-corrected chi connectivity index (χ0v) is 10.3. The number of hydrogen-bond donors (Lipinski definition) is 4. The van der Waals surface area contributed by atoms with Crippen LogP contribution in [0.1, 0.15) is 10.4 Å². The molecule has 0 aliphatic heterocycles. The van der Waals surface area contributed by atoms with Gasteiger partial charge in [0.15, 0.2) is 0 Å². The van der Waals surface area contributed by atoms with Crippen molar-refractivity contribution in [2.75, 3.05) is 6.54 Å². The van der Waals surface area contributed by atoms with E-state index in [-0.39, 0.29) is 17.9 Å². The third-order valence-electron chi connectivity index (χ3n) is 1.99. The molecular formula is C10H11BrN2O4. The summed E-state index contributed by atoms with van der Waals surface area (Å²) in [6.45, 7) is -0.302. The Morgan fingerprint density at radius 3 is 2.65 bits per heavy atom. The van der Waals surface area contributed by atoms with Crippen molar-refractivity contribution in [2.45, 2.75) is 6.10 Å². The van der Waals surface area contributed by atoms with Gasteiger partial charge in [-0.15, -0.1) is 0 Å². The number of hydrogen-bond acceptors (Lipinski definition) is 4. The van der Waals surface area contributed by atoms with E-state index in [2.05, 4.69) is 21.2 Å². The van der Waals surface area contributed by atoms with Crippen LogP contribution in [0.5, 0.6) is 5.75 Å². The van der Waals surface area contributed by atoms with Crippen molar-refractivity contribution in [3.63, 3.8) is 0 Å². The van der Waals surface area contributed by atoms with Gasteiger partial charge < -0.3 is 21.3 Å². The molecule has 1 aromatic carbocycles. The van der Waals surface area contributed by atoms with E-state index in [4.69, 9.17) is 10.8 Å². The summed E-state index contributed by atoms with van der Waals surface area (Å²) in [5.74, 6) is -1.73. The first-order valence-corrected chi connectivity index (χ1v) is 5.45. The number of nitrogens with one attached hydrogen (secondary N) is 1. The van der Waals surface area contributed by atoms with Gasteiger partial charge >= 0.3 is 0 Å². The minimum Gasteiger partial charge on any atom is -0.507 e. The maximum absolute atomic E-state index is 11.6. The minimum atomic E-state index is -1.45. The number of aromatic hydroxyl groups is 1. The summed E-state index contributed by atoms with van der Waals surface area (Å²) in [5, 5.41) is 20.8. The van der Waals surface area contributed by atoms with E-state index < -0.39 is 17.9 Å². The lowest BCUT2D eigenvalue weighted by molar-refractivity contribution is -0.125. The van der Waals surface area contributed by atoms with Crippen LogP contribution in [0.2, 0.25) is 0 Å². The van der Waals surface area contributed by atoms with Crippen molar-refractivity contribution in [3.8, 4) is 5.75 Å². The van der Waals surface area contributed by atoms with Gasteiger partial charge in [-0.2, -0.15) is 0 Å². The number of carbonyl (C=O) groups is 2. The minimum absolute atomic E-state index is 0.0462. The van der Waals surface area contributed by atoms with Gasteiger partial charge in [0, 0.05) is 4.47 Å². The van der Waals surface area contributed by atoms with Gasteiger partial charge in [-0.3, -0.25) is 9.59 Å². The molecule has 2 amide bonds. The van der Waals surface area contributed by atoms with E-state index in [0.717, 1.165) is 0 Å². The van der Waals surface area contributed by atoms with E-state index >= 15 is 0 Å². The highest BCUT2D eigenvalue weighted by Crippen LogP contribution is 2.21. The number of rotatable bonds is 4. The van der Waals surface area contributed by atoms with E-state index in [0.29, 0.717) is 4.47 Å². The molecule has 7 heteroatoms. The maximum atomic E-state index is 11.6. The average molecular weight is 303 g/mol. The highest BCUT2D eigenvalue weighted by Gasteiger charge is 2.15. The van der Waals surface area contributed by atoms with Crippen LogP contribution in [-0.2, 0) is 4.79 Å². The number of amides is 2. The summed E-state index contributed by atoms with van der Waals surface area (Å²) >= 11 is 3.13. The first-order valence-electron chi connectivity index (χ1n) is 4.66. The number of nitrogens with two attached hydrogens (primary N) is 1. The van der Waals surface area contributed by atoms with Crippen molar-refractivity contribution in [2.24, 2.45) is 5.73 Å². The Morgan fingerprint density at radius 1 is 1.47 bits per heavy atom. The molecule has 0 aliphatic carbocycles. The lowest BCUT2D eigenvalue weighted by atomic mass is 10.2. The molecule has 6 nitrogen and oxygen atoms in total. The molecule has 0 spiro atoms. The molecule has 0 aliphatic rings. The summed E-state index contributed by atoms with van der Waals surface area (Å²) < 4.78 is 0.628. The van der Waals surface area contributed by atoms with Gasteiger partial charge in [0.2, 0.25) is 5.91 Å².